The number of Topliss-reactive ketones (excluding diaryl/α,β-unsaturated/α-hetero) is 1. The van der Waals surface area contributed by atoms with Gasteiger partial charge < -0.3 is 19.5 Å². The number of phenolic OH excluding ortho intramolecular Hbond substituents is 1. The van der Waals surface area contributed by atoms with Crippen LogP contribution < -0.4 is 9.47 Å². The van der Waals surface area contributed by atoms with Crippen LogP contribution >= 0.6 is 0 Å². The quantitative estimate of drug-likeness (QED) is 0.713. The third kappa shape index (κ3) is 3.90. The van der Waals surface area contributed by atoms with Crippen LogP contribution in [0.3, 0.4) is 0 Å². The van der Waals surface area contributed by atoms with Gasteiger partial charge in [-0.05, 0) is 50.7 Å². The molecule has 0 atom stereocenters. The average molecular weight is 381 g/mol. The monoisotopic (exact) mass is 381 g/mol. The molecule has 1 aliphatic heterocycles. The van der Waals surface area contributed by atoms with Crippen molar-refractivity contribution in [3.8, 4) is 17.2 Å². The van der Waals surface area contributed by atoms with Gasteiger partial charge in [-0.25, -0.2) is 0 Å². The Balaban J connectivity index is 1.99. The van der Waals surface area contributed by atoms with E-state index in [4.69, 9.17) is 9.47 Å². The number of para-hydroxylation sites is 1. The highest BCUT2D eigenvalue weighted by atomic mass is 16.5. The van der Waals surface area contributed by atoms with Gasteiger partial charge in [0.25, 0.3) is 0 Å². The summed E-state index contributed by atoms with van der Waals surface area (Å²) in [7, 11) is 3.60. The predicted octanol–water partition coefficient (Wildman–Crippen LogP) is 4.56. The zero-order valence-electron chi connectivity index (χ0n) is 16.9. The Morgan fingerprint density at radius 1 is 1.29 bits per heavy atom. The normalized spacial score (nSPS) is 14.5. The molecule has 5 nitrogen and oxygen atoms in total. The summed E-state index contributed by atoms with van der Waals surface area (Å²) < 4.78 is 11.4. The van der Waals surface area contributed by atoms with Crippen LogP contribution in [-0.4, -0.2) is 36.5 Å². The van der Waals surface area contributed by atoms with Crippen molar-refractivity contribution in [2.24, 2.45) is 0 Å². The number of methoxy groups -OCH3 is 1. The van der Waals surface area contributed by atoms with Gasteiger partial charge in [0.05, 0.1) is 18.2 Å². The minimum Gasteiger partial charge on any atom is -0.507 e. The zero-order valence-corrected chi connectivity index (χ0v) is 16.9. The Hall–Kier alpha value is -2.79. The lowest BCUT2D eigenvalue weighted by Crippen LogP contribution is -2.19. The van der Waals surface area contributed by atoms with Gasteiger partial charge in [0.2, 0.25) is 5.78 Å². The second kappa shape index (κ2) is 8.48. The van der Waals surface area contributed by atoms with Gasteiger partial charge in [0.15, 0.2) is 5.76 Å². The van der Waals surface area contributed by atoms with Crippen LogP contribution in [0.15, 0.2) is 36.1 Å². The zero-order chi connectivity index (χ0) is 20.3. The first-order valence-corrected chi connectivity index (χ1v) is 9.57. The third-order valence-corrected chi connectivity index (χ3v) is 4.97. The van der Waals surface area contributed by atoms with E-state index in [2.05, 4.69) is 11.8 Å². The molecule has 5 heteroatoms. The summed E-state index contributed by atoms with van der Waals surface area (Å²) in [6.07, 6.45) is 3.87. The van der Waals surface area contributed by atoms with Crippen LogP contribution in [0.4, 0.5) is 0 Å². The van der Waals surface area contributed by atoms with Crippen LogP contribution in [0.2, 0.25) is 0 Å². The maximum Gasteiger partial charge on any atom is 0.232 e. The molecule has 2 aromatic carbocycles. The number of rotatable bonds is 7. The molecule has 0 saturated carbocycles. The first-order valence-electron chi connectivity index (χ1n) is 9.57. The Morgan fingerprint density at radius 3 is 2.75 bits per heavy atom. The Morgan fingerprint density at radius 2 is 2.04 bits per heavy atom. The molecule has 0 aromatic heterocycles. The van der Waals surface area contributed by atoms with E-state index in [1.165, 1.54) is 0 Å². The number of carbonyl (C=O) groups excluding carboxylic acids is 1. The van der Waals surface area contributed by atoms with E-state index in [1.54, 1.807) is 19.3 Å². The fourth-order valence-electron chi connectivity index (χ4n) is 3.44. The molecule has 1 N–H and O–H groups in total. The summed E-state index contributed by atoms with van der Waals surface area (Å²) in [6, 6.07) is 9.11. The molecule has 0 bridgehead atoms. The third-order valence-electron chi connectivity index (χ3n) is 4.97. The number of hydrogen-bond acceptors (Lipinski definition) is 5. The molecule has 0 radical (unpaired) electrons. The topological polar surface area (TPSA) is 59.0 Å². The molecular weight excluding hydrogens is 354 g/mol. The van der Waals surface area contributed by atoms with Gasteiger partial charge in [0.1, 0.15) is 17.2 Å². The molecule has 3 rings (SSSR count). The van der Waals surface area contributed by atoms with Crippen LogP contribution in [0.1, 0.15) is 46.8 Å². The Bertz CT molecular complexity index is 917. The molecular formula is C23H27NO4. The minimum absolute atomic E-state index is 0.158. The lowest BCUT2D eigenvalue weighted by Gasteiger charge is -2.19. The smallest absolute Gasteiger partial charge is 0.232 e. The largest absolute Gasteiger partial charge is 0.507 e. The molecule has 0 unspecified atom stereocenters. The van der Waals surface area contributed by atoms with E-state index in [0.717, 1.165) is 24.9 Å². The highest BCUT2D eigenvalue weighted by Crippen LogP contribution is 2.42. The highest BCUT2D eigenvalue weighted by Gasteiger charge is 2.33. The van der Waals surface area contributed by atoms with Crippen molar-refractivity contribution in [2.45, 2.75) is 33.2 Å². The number of ether oxygens (including phenoxy) is 2. The summed E-state index contributed by atoms with van der Waals surface area (Å²) in [6.45, 7) is 5.39. The fraction of sp³-hybridized carbons (Fsp3) is 0.348. The van der Waals surface area contributed by atoms with Gasteiger partial charge in [-0.15, -0.1) is 0 Å². The molecule has 148 valence electrons. The number of hydrogen-bond donors (Lipinski definition) is 1. The van der Waals surface area contributed by atoms with Crippen molar-refractivity contribution in [3.05, 3.63) is 58.3 Å². The molecule has 0 aliphatic carbocycles. The summed E-state index contributed by atoms with van der Waals surface area (Å²) in [5, 5.41) is 10.5. The SMILES string of the molecule is CCCCN(C)Cc1c(O)cc(C)c2c1O/C(=C\c1ccccc1OC)C2=O. The number of allylic oxidation sites excluding steroid dienone is 1. The number of aromatic hydroxyl groups is 1. The molecule has 2 aromatic rings. The van der Waals surface area contributed by atoms with Gasteiger partial charge in [-0.2, -0.15) is 0 Å². The second-order valence-electron chi connectivity index (χ2n) is 7.17. The van der Waals surface area contributed by atoms with E-state index in [9.17, 15) is 9.90 Å². The molecule has 28 heavy (non-hydrogen) atoms. The number of benzene rings is 2. The standard InChI is InChI=1S/C23H27NO4/c1-5-6-11-24(3)14-17-18(25)12-15(2)21-22(26)20(28-23(17)21)13-16-9-7-8-10-19(16)27-4/h7-10,12-13,25H,5-6,11,14H2,1-4H3/b20-13-. The van der Waals surface area contributed by atoms with Crippen LogP contribution in [0.5, 0.6) is 17.2 Å². The molecule has 0 spiro atoms. The van der Waals surface area contributed by atoms with Crippen molar-refractivity contribution in [2.75, 3.05) is 20.7 Å². The van der Waals surface area contributed by atoms with E-state index in [-0.39, 0.29) is 17.3 Å². The molecule has 0 saturated heterocycles. The predicted molar refractivity (Wildman–Crippen MR) is 110 cm³/mol. The molecule has 1 heterocycles. The number of ketones is 1. The maximum absolute atomic E-state index is 13.0. The average Bonchev–Trinajstić information content (AvgIpc) is 3.00. The second-order valence-corrected chi connectivity index (χ2v) is 7.17. The summed E-state index contributed by atoms with van der Waals surface area (Å²) in [4.78, 5) is 15.1. The summed E-state index contributed by atoms with van der Waals surface area (Å²) >= 11 is 0. The van der Waals surface area contributed by atoms with Crippen LogP contribution in [0.25, 0.3) is 6.08 Å². The Labute approximate surface area is 166 Å². The molecule has 0 amide bonds. The van der Waals surface area contributed by atoms with E-state index >= 15 is 0 Å². The van der Waals surface area contributed by atoms with E-state index in [1.807, 2.05) is 38.2 Å². The van der Waals surface area contributed by atoms with Gasteiger partial charge in [-0.3, -0.25) is 4.79 Å². The number of fused-ring (bicyclic) bond motifs is 1. The van der Waals surface area contributed by atoms with Crippen molar-refractivity contribution < 1.29 is 19.4 Å². The van der Waals surface area contributed by atoms with Crippen molar-refractivity contribution in [1.29, 1.82) is 0 Å². The van der Waals surface area contributed by atoms with Gasteiger partial charge in [0, 0.05) is 12.1 Å². The van der Waals surface area contributed by atoms with Crippen LogP contribution in [-0.2, 0) is 6.54 Å². The highest BCUT2D eigenvalue weighted by molar-refractivity contribution is 6.16. The number of nitrogens with zero attached hydrogens (tertiary/aromatic N) is 1. The van der Waals surface area contributed by atoms with Crippen molar-refractivity contribution in [1.82, 2.24) is 4.90 Å². The first kappa shape index (κ1) is 20.0. The maximum atomic E-state index is 13.0. The minimum atomic E-state index is -0.170. The van der Waals surface area contributed by atoms with Crippen molar-refractivity contribution in [3.63, 3.8) is 0 Å². The lowest BCUT2D eigenvalue weighted by atomic mass is 9.99. The lowest BCUT2D eigenvalue weighted by molar-refractivity contribution is 0.101. The first-order chi connectivity index (χ1) is 13.5. The number of unbranched alkanes of at least 4 members (excludes halogenated alkanes) is 1. The van der Waals surface area contributed by atoms with Gasteiger partial charge in [-0.1, -0.05) is 31.5 Å². The van der Waals surface area contributed by atoms with E-state index in [0.29, 0.717) is 34.7 Å². The number of phenols is 1. The van der Waals surface area contributed by atoms with Crippen molar-refractivity contribution >= 4 is 11.9 Å². The van der Waals surface area contributed by atoms with Gasteiger partial charge >= 0.3 is 0 Å². The number of carbonyl (C=O) groups is 1. The summed E-state index contributed by atoms with van der Waals surface area (Å²) in [5.74, 6) is 1.36. The summed E-state index contributed by atoms with van der Waals surface area (Å²) in [5.41, 5.74) is 2.65. The number of aryl methyl sites for hydroxylation is 1. The van der Waals surface area contributed by atoms with Crippen LogP contribution in [0, 0.1) is 6.92 Å². The fourth-order valence-corrected chi connectivity index (χ4v) is 3.44. The van der Waals surface area contributed by atoms with E-state index < -0.39 is 0 Å². The Kier molecular flexibility index (Phi) is 6.05. The molecule has 0 fully saturated rings. The molecule has 1 aliphatic rings.